The lowest BCUT2D eigenvalue weighted by atomic mass is 10.1. The van der Waals surface area contributed by atoms with Crippen molar-refractivity contribution in [3.63, 3.8) is 0 Å². The number of aliphatic carboxylic acids is 1. The minimum Gasteiger partial charge on any atom is -0.481 e. The topological polar surface area (TPSA) is 75.6 Å². The van der Waals surface area contributed by atoms with E-state index in [0.29, 0.717) is 31.6 Å². The Morgan fingerprint density at radius 3 is 2.56 bits per heavy atom. The molecule has 2 aromatic rings. The predicted molar refractivity (Wildman–Crippen MR) is 95.6 cm³/mol. The molecule has 1 amide bonds. The minimum absolute atomic E-state index is 0.0873. The lowest BCUT2D eigenvalue weighted by Gasteiger charge is -2.12. The van der Waals surface area contributed by atoms with Gasteiger partial charge in [-0.3, -0.25) is 9.59 Å². The van der Waals surface area contributed by atoms with Crippen molar-refractivity contribution >= 4 is 11.9 Å². The van der Waals surface area contributed by atoms with Crippen molar-refractivity contribution in [1.82, 2.24) is 5.32 Å². The summed E-state index contributed by atoms with van der Waals surface area (Å²) in [5.74, 6) is 0.546. The summed E-state index contributed by atoms with van der Waals surface area (Å²) in [6, 6.07) is 15.4. The van der Waals surface area contributed by atoms with Crippen LogP contribution in [0.2, 0.25) is 0 Å². The average molecular weight is 341 g/mol. The fourth-order valence-corrected chi connectivity index (χ4v) is 2.40. The number of amides is 1. The van der Waals surface area contributed by atoms with Gasteiger partial charge in [0.2, 0.25) is 5.91 Å². The SMILES string of the molecule is Cc1cccc(Oc2ccccc2CNC(=O)CCCCC(=O)O)c1. The van der Waals surface area contributed by atoms with Crippen molar-refractivity contribution in [1.29, 1.82) is 0 Å². The van der Waals surface area contributed by atoms with Gasteiger partial charge in [-0.1, -0.05) is 30.3 Å². The second kappa shape index (κ2) is 9.47. The molecule has 0 heterocycles. The van der Waals surface area contributed by atoms with Crippen LogP contribution in [-0.4, -0.2) is 17.0 Å². The molecular weight excluding hydrogens is 318 g/mol. The van der Waals surface area contributed by atoms with Crippen molar-refractivity contribution in [2.24, 2.45) is 0 Å². The summed E-state index contributed by atoms with van der Waals surface area (Å²) in [4.78, 5) is 22.3. The summed E-state index contributed by atoms with van der Waals surface area (Å²) >= 11 is 0. The normalized spacial score (nSPS) is 10.3. The molecule has 2 aromatic carbocycles. The van der Waals surface area contributed by atoms with E-state index in [4.69, 9.17) is 9.84 Å². The Hall–Kier alpha value is -2.82. The first-order chi connectivity index (χ1) is 12.0. The molecule has 5 nitrogen and oxygen atoms in total. The van der Waals surface area contributed by atoms with E-state index in [1.807, 2.05) is 55.5 Å². The van der Waals surface area contributed by atoms with Crippen LogP contribution in [-0.2, 0) is 16.1 Å². The lowest BCUT2D eigenvalue weighted by molar-refractivity contribution is -0.137. The Bertz CT molecular complexity index is 727. The van der Waals surface area contributed by atoms with Crippen LogP contribution in [0.3, 0.4) is 0 Å². The highest BCUT2D eigenvalue weighted by Crippen LogP contribution is 2.25. The molecule has 0 bridgehead atoms. The highest BCUT2D eigenvalue weighted by Gasteiger charge is 2.07. The molecule has 5 heteroatoms. The summed E-state index contributed by atoms with van der Waals surface area (Å²) in [7, 11) is 0. The summed E-state index contributed by atoms with van der Waals surface area (Å²) in [5, 5.41) is 11.4. The summed E-state index contributed by atoms with van der Waals surface area (Å²) < 4.78 is 5.93. The average Bonchev–Trinajstić information content (AvgIpc) is 2.58. The zero-order valence-electron chi connectivity index (χ0n) is 14.3. The van der Waals surface area contributed by atoms with Gasteiger partial charge in [-0.25, -0.2) is 0 Å². The molecule has 2 N–H and O–H groups in total. The third-order valence-electron chi connectivity index (χ3n) is 3.71. The smallest absolute Gasteiger partial charge is 0.303 e. The Kier molecular flexibility index (Phi) is 7.01. The largest absolute Gasteiger partial charge is 0.481 e. The monoisotopic (exact) mass is 341 g/mol. The van der Waals surface area contributed by atoms with Gasteiger partial charge in [0.1, 0.15) is 11.5 Å². The molecule has 0 fully saturated rings. The number of unbranched alkanes of at least 4 members (excludes halogenated alkanes) is 1. The quantitative estimate of drug-likeness (QED) is 0.675. The summed E-state index contributed by atoms with van der Waals surface area (Å²) in [5.41, 5.74) is 2.01. The van der Waals surface area contributed by atoms with Gasteiger partial charge < -0.3 is 15.2 Å². The van der Waals surface area contributed by atoms with E-state index in [2.05, 4.69) is 5.32 Å². The summed E-state index contributed by atoms with van der Waals surface area (Å²) in [6.07, 6.45) is 1.50. The molecule has 2 rings (SSSR count). The first-order valence-electron chi connectivity index (χ1n) is 8.35. The fraction of sp³-hybridized carbons (Fsp3) is 0.300. The van der Waals surface area contributed by atoms with Crippen LogP contribution >= 0.6 is 0 Å². The van der Waals surface area contributed by atoms with E-state index in [9.17, 15) is 9.59 Å². The number of carbonyl (C=O) groups is 2. The molecule has 0 aliphatic rings. The highest BCUT2D eigenvalue weighted by atomic mass is 16.5. The number of nitrogens with one attached hydrogen (secondary N) is 1. The minimum atomic E-state index is -0.831. The van der Waals surface area contributed by atoms with E-state index < -0.39 is 5.97 Å². The standard InChI is InChI=1S/C20H23NO4/c1-15-7-6-9-17(13-15)25-18-10-3-2-8-16(18)14-21-19(22)11-4-5-12-20(23)24/h2-3,6-10,13H,4-5,11-12,14H2,1H3,(H,21,22)(H,23,24). The molecule has 0 unspecified atom stereocenters. The van der Waals surface area contributed by atoms with Gasteiger partial charge in [0, 0.05) is 24.9 Å². The molecule has 0 radical (unpaired) electrons. The van der Waals surface area contributed by atoms with Crippen LogP contribution in [0, 0.1) is 6.92 Å². The van der Waals surface area contributed by atoms with E-state index in [1.165, 1.54) is 0 Å². The van der Waals surface area contributed by atoms with Crippen molar-refractivity contribution in [2.45, 2.75) is 39.2 Å². The number of rotatable bonds is 9. The van der Waals surface area contributed by atoms with Crippen molar-refractivity contribution in [3.8, 4) is 11.5 Å². The number of benzene rings is 2. The van der Waals surface area contributed by atoms with Gasteiger partial charge in [-0.05, 0) is 43.5 Å². The Balaban J connectivity index is 1.88. The van der Waals surface area contributed by atoms with Crippen LogP contribution < -0.4 is 10.1 Å². The molecule has 25 heavy (non-hydrogen) atoms. The molecule has 132 valence electrons. The number of aryl methyl sites for hydroxylation is 1. The van der Waals surface area contributed by atoms with Gasteiger partial charge in [0.05, 0.1) is 0 Å². The number of carboxylic acid groups (broad SMARTS) is 1. The molecule has 0 aliphatic carbocycles. The number of hydrogen-bond acceptors (Lipinski definition) is 3. The maximum absolute atomic E-state index is 11.9. The van der Waals surface area contributed by atoms with E-state index in [1.54, 1.807) is 0 Å². The second-order valence-electron chi connectivity index (χ2n) is 5.90. The Labute approximate surface area is 147 Å². The number of hydrogen-bond donors (Lipinski definition) is 2. The van der Waals surface area contributed by atoms with Crippen molar-refractivity contribution in [3.05, 3.63) is 59.7 Å². The first-order valence-corrected chi connectivity index (χ1v) is 8.35. The maximum Gasteiger partial charge on any atom is 0.303 e. The molecule has 0 saturated heterocycles. The van der Waals surface area contributed by atoms with Crippen LogP contribution in [0.1, 0.15) is 36.8 Å². The van der Waals surface area contributed by atoms with Crippen LogP contribution in [0.5, 0.6) is 11.5 Å². The molecular formula is C20H23NO4. The van der Waals surface area contributed by atoms with Crippen molar-refractivity contribution < 1.29 is 19.4 Å². The molecule has 0 saturated carbocycles. The van der Waals surface area contributed by atoms with Crippen LogP contribution in [0.15, 0.2) is 48.5 Å². The third-order valence-corrected chi connectivity index (χ3v) is 3.71. The molecule has 0 aliphatic heterocycles. The van der Waals surface area contributed by atoms with E-state index >= 15 is 0 Å². The lowest BCUT2D eigenvalue weighted by Crippen LogP contribution is -2.22. The maximum atomic E-state index is 11.9. The molecule has 0 spiro atoms. The van der Waals surface area contributed by atoms with Crippen molar-refractivity contribution in [2.75, 3.05) is 0 Å². The Morgan fingerprint density at radius 2 is 1.80 bits per heavy atom. The third kappa shape index (κ3) is 6.67. The van der Waals surface area contributed by atoms with Gasteiger partial charge in [0.25, 0.3) is 0 Å². The molecule has 0 aromatic heterocycles. The zero-order valence-corrected chi connectivity index (χ0v) is 14.3. The van der Waals surface area contributed by atoms with Crippen LogP contribution in [0.4, 0.5) is 0 Å². The van der Waals surface area contributed by atoms with Gasteiger partial charge in [-0.15, -0.1) is 0 Å². The first kappa shape index (κ1) is 18.5. The fourth-order valence-electron chi connectivity index (χ4n) is 2.40. The predicted octanol–water partition coefficient (Wildman–Crippen LogP) is 4.05. The number of carboxylic acids is 1. The van der Waals surface area contributed by atoms with Gasteiger partial charge in [-0.2, -0.15) is 0 Å². The number of carbonyl (C=O) groups excluding carboxylic acids is 1. The highest BCUT2D eigenvalue weighted by molar-refractivity contribution is 5.76. The van der Waals surface area contributed by atoms with Crippen LogP contribution in [0.25, 0.3) is 0 Å². The van der Waals surface area contributed by atoms with E-state index in [0.717, 1.165) is 16.9 Å². The summed E-state index contributed by atoms with van der Waals surface area (Å²) in [6.45, 7) is 2.38. The number of ether oxygens (including phenoxy) is 1. The Morgan fingerprint density at radius 1 is 1.04 bits per heavy atom. The second-order valence-corrected chi connectivity index (χ2v) is 5.90. The van der Waals surface area contributed by atoms with Gasteiger partial charge in [0.15, 0.2) is 0 Å². The number of para-hydroxylation sites is 1. The van der Waals surface area contributed by atoms with Gasteiger partial charge >= 0.3 is 5.97 Å². The van der Waals surface area contributed by atoms with E-state index in [-0.39, 0.29) is 12.3 Å². The molecule has 0 atom stereocenters. The zero-order chi connectivity index (χ0) is 18.1.